The average Bonchev–Trinajstić information content (AvgIpc) is 2.40. The molecule has 4 heteroatoms. The highest BCUT2D eigenvalue weighted by atomic mass is 32.2. The lowest BCUT2D eigenvalue weighted by Crippen LogP contribution is -2.19. The van der Waals surface area contributed by atoms with Gasteiger partial charge in [-0.2, -0.15) is 11.8 Å². The Balaban J connectivity index is 1.82. The molecule has 0 saturated heterocycles. The van der Waals surface area contributed by atoms with Gasteiger partial charge in [0.25, 0.3) is 5.56 Å². The van der Waals surface area contributed by atoms with Crippen LogP contribution in [0, 0.1) is 0 Å². The summed E-state index contributed by atoms with van der Waals surface area (Å²) >= 11 is 1.82. The second-order valence-electron chi connectivity index (χ2n) is 4.03. The Labute approximate surface area is 111 Å². The first-order chi connectivity index (χ1) is 8.75. The molecule has 0 aliphatic heterocycles. The van der Waals surface area contributed by atoms with Crippen LogP contribution in [0.15, 0.2) is 53.5 Å². The van der Waals surface area contributed by atoms with Crippen molar-refractivity contribution in [3.63, 3.8) is 0 Å². The Morgan fingerprint density at radius 2 is 1.89 bits per heavy atom. The average molecular weight is 260 g/mol. The minimum absolute atomic E-state index is 0.00418. The van der Waals surface area contributed by atoms with Crippen LogP contribution in [0.25, 0.3) is 0 Å². The summed E-state index contributed by atoms with van der Waals surface area (Å²) in [6.45, 7) is 0.696. The van der Waals surface area contributed by atoms with Gasteiger partial charge in [0.15, 0.2) is 0 Å². The van der Waals surface area contributed by atoms with Crippen LogP contribution in [0.4, 0.5) is 5.69 Å². The number of hydrogen-bond donors (Lipinski definition) is 1. The van der Waals surface area contributed by atoms with E-state index < -0.39 is 0 Å². The van der Waals surface area contributed by atoms with Crippen molar-refractivity contribution >= 4 is 17.4 Å². The SMILES string of the molecule is Nc1ccc(=O)n(CCSCc2ccccc2)c1. The van der Waals surface area contributed by atoms with E-state index in [4.69, 9.17) is 5.73 Å². The number of hydrogen-bond acceptors (Lipinski definition) is 3. The van der Waals surface area contributed by atoms with Crippen LogP contribution in [-0.2, 0) is 12.3 Å². The minimum Gasteiger partial charge on any atom is -0.398 e. The lowest BCUT2D eigenvalue weighted by atomic mass is 10.2. The number of nitrogen functional groups attached to an aromatic ring is 1. The van der Waals surface area contributed by atoms with E-state index in [0.717, 1.165) is 11.5 Å². The van der Waals surface area contributed by atoms with E-state index in [-0.39, 0.29) is 5.56 Å². The molecular formula is C14H16N2OS. The lowest BCUT2D eigenvalue weighted by Gasteiger charge is -2.06. The van der Waals surface area contributed by atoms with Crippen molar-refractivity contribution in [1.29, 1.82) is 0 Å². The first kappa shape index (κ1) is 12.8. The number of anilines is 1. The summed E-state index contributed by atoms with van der Waals surface area (Å²) < 4.78 is 1.66. The maximum Gasteiger partial charge on any atom is 0.250 e. The van der Waals surface area contributed by atoms with E-state index >= 15 is 0 Å². The third-order valence-electron chi connectivity index (χ3n) is 2.59. The first-order valence-corrected chi connectivity index (χ1v) is 6.99. The van der Waals surface area contributed by atoms with Crippen molar-refractivity contribution in [3.05, 3.63) is 64.6 Å². The van der Waals surface area contributed by atoms with Crippen molar-refractivity contribution in [2.24, 2.45) is 0 Å². The molecular weight excluding hydrogens is 244 g/mol. The van der Waals surface area contributed by atoms with E-state index in [2.05, 4.69) is 12.1 Å². The van der Waals surface area contributed by atoms with Crippen molar-refractivity contribution < 1.29 is 0 Å². The molecule has 2 rings (SSSR count). The van der Waals surface area contributed by atoms with Gasteiger partial charge in [-0.15, -0.1) is 0 Å². The van der Waals surface area contributed by atoms with Crippen LogP contribution in [0.3, 0.4) is 0 Å². The molecule has 1 heterocycles. The van der Waals surface area contributed by atoms with Crippen LogP contribution < -0.4 is 11.3 Å². The number of nitrogens with zero attached hydrogens (tertiary/aromatic N) is 1. The summed E-state index contributed by atoms with van der Waals surface area (Å²) in [6.07, 6.45) is 1.70. The van der Waals surface area contributed by atoms with Crippen molar-refractivity contribution in [2.75, 3.05) is 11.5 Å². The van der Waals surface area contributed by atoms with Gasteiger partial charge in [-0.1, -0.05) is 30.3 Å². The van der Waals surface area contributed by atoms with Gasteiger partial charge in [-0.3, -0.25) is 4.79 Å². The fourth-order valence-corrected chi connectivity index (χ4v) is 2.55. The van der Waals surface area contributed by atoms with Gasteiger partial charge in [-0.05, 0) is 11.6 Å². The molecule has 2 aromatic rings. The fourth-order valence-electron chi connectivity index (χ4n) is 1.65. The predicted octanol–water partition coefficient (Wildman–Crippen LogP) is 2.36. The molecule has 0 amide bonds. The van der Waals surface area contributed by atoms with Gasteiger partial charge in [0, 0.05) is 36.0 Å². The Kier molecular flexibility index (Phi) is 4.47. The molecule has 0 fully saturated rings. The fraction of sp³-hybridized carbons (Fsp3) is 0.214. The maximum absolute atomic E-state index is 11.5. The number of rotatable bonds is 5. The topological polar surface area (TPSA) is 48.0 Å². The van der Waals surface area contributed by atoms with E-state index in [1.165, 1.54) is 11.6 Å². The molecule has 1 aromatic heterocycles. The van der Waals surface area contributed by atoms with Crippen LogP contribution in [-0.4, -0.2) is 10.3 Å². The third kappa shape index (κ3) is 3.67. The number of nitrogens with two attached hydrogens (primary N) is 1. The van der Waals surface area contributed by atoms with Gasteiger partial charge in [0.1, 0.15) is 0 Å². The molecule has 0 bridgehead atoms. The Morgan fingerprint density at radius 1 is 1.11 bits per heavy atom. The molecule has 0 saturated carbocycles. The second-order valence-corrected chi connectivity index (χ2v) is 5.14. The molecule has 0 unspecified atom stereocenters. The van der Waals surface area contributed by atoms with Crippen molar-refractivity contribution in [3.8, 4) is 0 Å². The molecule has 0 atom stereocenters. The van der Waals surface area contributed by atoms with Crippen LogP contribution in [0.2, 0.25) is 0 Å². The van der Waals surface area contributed by atoms with E-state index in [9.17, 15) is 4.79 Å². The minimum atomic E-state index is 0.00418. The van der Waals surface area contributed by atoms with Gasteiger partial charge >= 0.3 is 0 Å². The molecule has 94 valence electrons. The second kappa shape index (κ2) is 6.31. The highest BCUT2D eigenvalue weighted by Crippen LogP contribution is 2.11. The first-order valence-electron chi connectivity index (χ1n) is 5.83. The molecule has 0 aliphatic carbocycles. The summed E-state index contributed by atoms with van der Waals surface area (Å²) in [5.74, 6) is 1.87. The standard InChI is InChI=1S/C14H16N2OS/c15-13-6-7-14(17)16(10-13)8-9-18-11-12-4-2-1-3-5-12/h1-7,10H,8-9,11,15H2. The quantitative estimate of drug-likeness (QED) is 0.840. The smallest absolute Gasteiger partial charge is 0.250 e. The third-order valence-corrected chi connectivity index (χ3v) is 3.60. The van der Waals surface area contributed by atoms with Crippen LogP contribution >= 0.6 is 11.8 Å². The number of benzene rings is 1. The Hall–Kier alpha value is -1.68. The zero-order valence-electron chi connectivity index (χ0n) is 10.1. The van der Waals surface area contributed by atoms with Gasteiger partial charge in [0.05, 0.1) is 0 Å². The van der Waals surface area contributed by atoms with Gasteiger partial charge in [-0.25, -0.2) is 0 Å². The zero-order valence-corrected chi connectivity index (χ0v) is 10.9. The number of aromatic nitrogens is 1. The molecule has 0 spiro atoms. The van der Waals surface area contributed by atoms with E-state index in [1.807, 2.05) is 30.0 Å². The summed E-state index contributed by atoms with van der Waals surface area (Å²) in [4.78, 5) is 11.5. The van der Waals surface area contributed by atoms with E-state index in [1.54, 1.807) is 16.8 Å². The van der Waals surface area contributed by atoms with Crippen LogP contribution in [0.1, 0.15) is 5.56 Å². The summed E-state index contributed by atoms with van der Waals surface area (Å²) in [7, 11) is 0. The normalized spacial score (nSPS) is 10.4. The Bertz CT molecular complexity index is 551. The molecule has 0 radical (unpaired) electrons. The molecule has 2 N–H and O–H groups in total. The Morgan fingerprint density at radius 3 is 2.67 bits per heavy atom. The molecule has 0 aliphatic rings. The highest BCUT2D eigenvalue weighted by Gasteiger charge is 1.97. The molecule has 18 heavy (non-hydrogen) atoms. The number of aryl methyl sites for hydroxylation is 1. The van der Waals surface area contributed by atoms with Crippen molar-refractivity contribution in [1.82, 2.24) is 4.57 Å². The van der Waals surface area contributed by atoms with Crippen molar-refractivity contribution in [2.45, 2.75) is 12.3 Å². The largest absolute Gasteiger partial charge is 0.398 e. The van der Waals surface area contributed by atoms with Gasteiger partial charge < -0.3 is 10.3 Å². The zero-order chi connectivity index (χ0) is 12.8. The number of pyridine rings is 1. The van der Waals surface area contributed by atoms with E-state index in [0.29, 0.717) is 12.2 Å². The molecule has 3 nitrogen and oxygen atoms in total. The summed E-state index contributed by atoms with van der Waals surface area (Å²) in [5.41, 5.74) is 7.60. The summed E-state index contributed by atoms with van der Waals surface area (Å²) in [5, 5.41) is 0. The highest BCUT2D eigenvalue weighted by molar-refractivity contribution is 7.98. The summed E-state index contributed by atoms with van der Waals surface area (Å²) in [6, 6.07) is 13.5. The lowest BCUT2D eigenvalue weighted by molar-refractivity contribution is 0.737. The van der Waals surface area contributed by atoms with Gasteiger partial charge in [0.2, 0.25) is 0 Å². The number of thioether (sulfide) groups is 1. The maximum atomic E-state index is 11.5. The predicted molar refractivity (Wildman–Crippen MR) is 77.7 cm³/mol. The van der Waals surface area contributed by atoms with Crippen LogP contribution in [0.5, 0.6) is 0 Å². The monoisotopic (exact) mass is 260 g/mol. The molecule has 1 aromatic carbocycles.